The second-order valence-electron chi connectivity index (χ2n) is 6.95. The van der Waals surface area contributed by atoms with Crippen molar-refractivity contribution in [2.24, 2.45) is 0 Å². The van der Waals surface area contributed by atoms with Crippen LogP contribution >= 0.6 is 0 Å². The van der Waals surface area contributed by atoms with Gasteiger partial charge in [0.15, 0.2) is 0 Å². The Morgan fingerprint density at radius 3 is 2.29 bits per heavy atom. The van der Waals surface area contributed by atoms with Gasteiger partial charge >= 0.3 is 16.2 Å². The summed E-state index contributed by atoms with van der Waals surface area (Å²) >= 11 is 0. The number of unbranched alkanes of at least 4 members (excludes halogenated alkanes) is 3. The summed E-state index contributed by atoms with van der Waals surface area (Å²) in [4.78, 5) is 14.0. The number of rotatable bonds is 7. The standard InChI is InChI=1S/C18H29NO4S/c1-6-7-8-11-14-19(18(3,4)5)17(20)23-24(21,22)16-13-10-9-12-15(16)2/h9-10,12-13H,6-8,11,14H2,1-5H3. The van der Waals surface area contributed by atoms with Gasteiger partial charge in [-0.25, -0.2) is 4.79 Å². The highest BCUT2D eigenvalue weighted by Crippen LogP contribution is 2.21. The van der Waals surface area contributed by atoms with Gasteiger partial charge in [-0.05, 0) is 45.7 Å². The first-order chi connectivity index (χ1) is 11.1. The zero-order valence-electron chi connectivity index (χ0n) is 15.3. The molecule has 0 fully saturated rings. The van der Waals surface area contributed by atoms with Crippen LogP contribution in [0.15, 0.2) is 29.2 Å². The molecular formula is C18H29NO4S. The molecule has 1 rings (SSSR count). The Bertz CT molecular complexity index is 647. The SMILES string of the molecule is CCCCCCN(C(=O)OS(=O)(=O)c1ccccc1C)C(C)(C)C. The molecule has 1 amide bonds. The fourth-order valence-electron chi connectivity index (χ4n) is 2.42. The van der Waals surface area contributed by atoms with E-state index in [-0.39, 0.29) is 4.90 Å². The van der Waals surface area contributed by atoms with Crippen LogP contribution in [-0.2, 0) is 14.3 Å². The molecular weight excluding hydrogens is 326 g/mol. The summed E-state index contributed by atoms with van der Waals surface area (Å²) < 4.78 is 29.7. The second kappa shape index (κ2) is 8.51. The smallest absolute Gasteiger partial charge is 0.324 e. The van der Waals surface area contributed by atoms with E-state index in [2.05, 4.69) is 6.92 Å². The van der Waals surface area contributed by atoms with E-state index in [1.165, 1.54) is 11.0 Å². The molecule has 0 spiro atoms. The number of amides is 1. The molecule has 1 aromatic carbocycles. The fraction of sp³-hybridized carbons (Fsp3) is 0.611. The third kappa shape index (κ3) is 5.82. The zero-order chi connectivity index (χ0) is 18.4. The molecule has 5 nitrogen and oxygen atoms in total. The minimum atomic E-state index is -4.12. The molecule has 6 heteroatoms. The molecule has 0 aliphatic rings. The number of benzene rings is 1. The highest BCUT2D eigenvalue weighted by molar-refractivity contribution is 7.87. The van der Waals surface area contributed by atoms with Gasteiger partial charge < -0.3 is 9.08 Å². The maximum atomic E-state index is 12.5. The number of hydrogen-bond acceptors (Lipinski definition) is 4. The third-order valence-corrected chi connectivity index (χ3v) is 5.17. The third-order valence-electron chi connectivity index (χ3n) is 3.81. The normalized spacial score (nSPS) is 12.0. The van der Waals surface area contributed by atoms with Crippen LogP contribution in [0.4, 0.5) is 4.79 Å². The van der Waals surface area contributed by atoms with E-state index in [0.717, 1.165) is 25.7 Å². The lowest BCUT2D eigenvalue weighted by Crippen LogP contribution is -2.47. The molecule has 0 unspecified atom stereocenters. The minimum Gasteiger partial charge on any atom is -0.324 e. The molecule has 136 valence electrons. The van der Waals surface area contributed by atoms with Gasteiger partial charge in [0.25, 0.3) is 0 Å². The Balaban J connectivity index is 2.89. The van der Waals surface area contributed by atoms with Gasteiger partial charge in [-0.3, -0.25) is 0 Å². The quantitative estimate of drug-likeness (QED) is 0.533. The number of nitrogens with zero attached hydrogens (tertiary/aromatic N) is 1. The summed E-state index contributed by atoms with van der Waals surface area (Å²) in [5, 5.41) is 0. The van der Waals surface area contributed by atoms with Crippen LogP contribution in [0.3, 0.4) is 0 Å². The number of carbonyl (C=O) groups is 1. The predicted molar refractivity (Wildman–Crippen MR) is 95.4 cm³/mol. The Hall–Kier alpha value is -1.56. The molecule has 0 atom stereocenters. The average Bonchev–Trinajstić information content (AvgIpc) is 2.45. The van der Waals surface area contributed by atoms with Gasteiger partial charge in [0.05, 0.1) is 0 Å². The van der Waals surface area contributed by atoms with Gasteiger partial charge in [-0.2, -0.15) is 8.42 Å². The monoisotopic (exact) mass is 355 g/mol. The van der Waals surface area contributed by atoms with Crippen LogP contribution in [-0.4, -0.2) is 31.5 Å². The summed E-state index contributed by atoms with van der Waals surface area (Å²) in [5.41, 5.74) is 0.0421. The Morgan fingerprint density at radius 2 is 1.75 bits per heavy atom. The lowest BCUT2D eigenvalue weighted by atomic mass is 10.1. The number of hydrogen-bond donors (Lipinski definition) is 0. The van der Waals surface area contributed by atoms with Gasteiger partial charge in [-0.1, -0.05) is 44.4 Å². The Morgan fingerprint density at radius 1 is 1.12 bits per heavy atom. The molecule has 0 aromatic heterocycles. The first-order valence-corrected chi connectivity index (χ1v) is 9.82. The average molecular weight is 356 g/mol. The summed E-state index contributed by atoms with van der Waals surface area (Å²) in [6.07, 6.45) is 3.20. The molecule has 24 heavy (non-hydrogen) atoms. The minimum absolute atomic E-state index is 0.0261. The van der Waals surface area contributed by atoms with Crippen molar-refractivity contribution in [2.45, 2.75) is 70.7 Å². The van der Waals surface area contributed by atoms with Crippen LogP contribution < -0.4 is 0 Å². The molecule has 0 aliphatic heterocycles. The summed E-state index contributed by atoms with van der Waals surface area (Å²) in [6.45, 7) is 9.88. The van der Waals surface area contributed by atoms with E-state index in [4.69, 9.17) is 4.18 Å². The first-order valence-electron chi connectivity index (χ1n) is 8.41. The van der Waals surface area contributed by atoms with Crippen molar-refractivity contribution >= 4 is 16.2 Å². The highest BCUT2D eigenvalue weighted by Gasteiger charge is 2.31. The Labute approximate surface area is 146 Å². The van der Waals surface area contributed by atoms with Crippen LogP contribution in [0.25, 0.3) is 0 Å². The molecule has 0 aliphatic carbocycles. The molecule has 1 aromatic rings. The van der Waals surface area contributed by atoms with Crippen molar-refractivity contribution in [3.63, 3.8) is 0 Å². The van der Waals surface area contributed by atoms with Crippen molar-refractivity contribution in [2.75, 3.05) is 6.54 Å². The Kier molecular flexibility index (Phi) is 7.27. The van der Waals surface area contributed by atoms with Gasteiger partial charge in [0.1, 0.15) is 4.90 Å². The lowest BCUT2D eigenvalue weighted by molar-refractivity contribution is 0.107. The molecule has 0 heterocycles. The van der Waals surface area contributed by atoms with E-state index in [9.17, 15) is 13.2 Å². The molecule has 0 saturated carbocycles. The van der Waals surface area contributed by atoms with Crippen molar-refractivity contribution in [1.29, 1.82) is 0 Å². The second-order valence-corrected chi connectivity index (χ2v) is 8.47. The van der Waals surface area contributed by atoms with E-state index >= 15 is 0 Å². The molecule has 0 radical (unpaired) electrons. The zero-order valence-corrected chi connectivity index (χ0v) is 16.1. The van der Waals surface area contributed by atoms with Crippen molar-refractivity contribution in [1.82, 2.24) is 4.90 Å². The predicted octanol–water partition coefficient (Wildman–Crippen LogP) is 4.50. The van der Waals surface area contributed by atoms with E-state index in [1.54, 1.807) is 25.1 Å². The fourth-order valence-corrected chi connectivity index (χ4v) is 3.49. The molecule has 0 bridgehead atoms. The maximum absolute atomic E-state index is 12.5. The van der Waals surface area contributed by atoms with Crippen LogP contribution in [0.2, 0.25) is 0 Å². The molecule has 0 saturated heterocycles. The van der Waals surface area contributed by atoms with E-state index < -0.39 is 21.8 Å². The number of aryl methyl sites for hydroxylation is 1. The van der Waals surface area contributed by atoms with Crippen molar-refractivity contribution in [3.05, 3.63) is 29.8 Å². The van der Waals surface area contributed by atoms with E-state index in [1.807, 2.05) is 20.8 Å². The van der Waals surface area contributed by atoms with Crippen molar-refractivity contribution < 1.29 is 17.4 Å². The summed E-state index contributed by atoms with van der Waals surface area (Å²) in [5.74, 6) is 0. The van der Waals surface area contributed by atoms with Crippen LogP contribution in [0.5, 0.6) is 0 Å². The largest absolute Gasteiger partial charge is 0.426 e. The number of carbonyl (C=O) groups excluding carboxylic acids is 1. The van der Waals surface area contributed by atoms with Gasteiger partial charge in [0, 0.05) is 12.1 Å². The maximum Gasteiger partial charge on any atom is 0.426 e. The summed E-state index contributed by atoms with van der Waals surface area (Å²) in [6, 6.07) is 6.47. The van der Waals surface area contributed by atoms with Crippen LogP contribution in [0.1, 0.15) is 58.9 Å². The van der Waals surface area contributed by atoms with Crippen LogP contribution in [0, 0.1) is 6.92 Å². The topological polar surface area (TPSA) is 63.7 Å². The summed E-state index contributed by atoms with van der Waals surface area (Å²) in [7, 11) is -4.12. The highest BCUT2D eigenvalue weighted by atomic mass is 32.2. The van der Waals surface area contributed by atoms with Gasteiger partial charge in [0.2, 0.25) is 0 Å². The lowest BCUT2D eigenvalue weighted by Gasteiger charge is -2.34. The molecule has 0 N–H and O–H groups in total. The van der Waals surface area contributed by atoms with Gasteiger partial charge in [-0.15, -0.1) is 0 Å². The first kappa shape index (κ1) is 20.5. The van der Waals surface area contributed by atoms with Crippen molar-refractivity contribution in [3.8, 4) is 0 Å². The van der Waals surface area contributed by atoms with E-state index in [0.29, 0.717) is 12.1 Å².